The highest BCUT2D eigenvalue weighted by atomic mass is 32.2. The number of thiophene rings is 1. The summed E-state index contributed by atoms with van der Waals surface area (Å²) >= 11 is 2.73. The van der Waals surface area contributed by atoms with Crippen molar-refractivity contribution in [2.75, 3.05) is 5.75 Å². The number of rotatable bonds is 8. The molecule has 3 amide bonds. The topological polar surface area (TPSA) is 129 Å². The van der Waals surface area contributed by atoms with Crippen molar-refractivity contribution >= 4 is 41.0 Å². The number of nitrogens with two attached hydrogens (primary N) is 1. The average Bonchev–Trinajstić information content (AvgIpc) is 3.25. The number of esters is 1. The summed E-state index contributed by atoms with van der Waals surface area (Å²) in [6.07, 6.45) is -1.10. The number of carbonyl (C=O) groups is 3. The fraction of sp³-hybridized carbons (Fsp3) is 0.438. The van der Waals surface area contributed by atoms with Gasteiger partial charge in [-0.05, 0) is 24.3 Å². The summed E-state index contributed by atoms with van der Waals surface area (Å²) < 4.78 is 7.12. The second-order valence-electron chi connectivity index (χ2n) is 5.82. The van der Waals surface area contributed by atoms with Gasteiger partial charge in [-0.15, -0.1) is 21.5 Å². The number of imide groups is 1. The van der Waals surface area contributed by atoms with E-state index in [9.17, 15) is 14.4 Å². The van der Waals surface area contributed by atoms with Crippen LogP contribution >= 0.6 is 23.1 Å². The van der Waals surface area contributed by atoms with Gasteiger partial charge in [-0.25, -0.2) is 4.79 Å². The molecule has 1 atom stereocenters. The number of primary amides is 1. The van der Waals surface area contributed by atoms with Crippen LogP contribution in [0.25, 0.3) is 10.7 Å². The summed E-state index contributed by atoms with van der Waals surface area (Å²) in [5.74, 6) is -0.961. The third-order valence-electron chi connectivity index (χ3n) is 3.46. The van der Waals surface area contributed by atoms with E-state index in [-0.39, 0.29) is 11.7 Å². The molecule has 0 saturated heterocycles. The maximum atomic E-state index is 12.2. The van der Waals surface area contributed by atoms with E-state index in [0.29, 0.717) is 11.7 Å². The number of nitrogens with one attached hydrogen (secondary N) is 1. The lowest BCUT2D eigenvalue weighted by Gasteiger charge is -2.19. The molecule has 0 aliphatic heterocycles. The summed E-state index contributed by atoms with van der Waals surface area (Å²) in [4.78, 5) is 35.9. The largest absolute Gasteiger partial charge is 0.451 e. The van der Waals surface area contributed by atoms with Gasteiger partial charge in [-0.3, -0.25) is 14.9 Å². The Balaban J connectivity index is 2.00. The normalized spacial score (nSPS) is 12.0. The molecule has 0 radical (unpaired) electrons. The van der Waals surface area contributed by atoms with E-state index in [0.717, 1.165) is 10.7 Å². The summed E-state index contributed by atoms with van der Waals surface area (Å²) in [7, 11) is 0. The van der Waals surface area contributed by atoms with Crippen LogP contribution in [-0.2, 0) is 20.9 Å². The monoisotopic (exact) mass is 411 g/mol. The lowest BCUT2D eigenvalue weighted by Crippen LogP contribution is -2.45. The number of thioether (sulfide) groups is 1. The fourth-order valence-corrected chi connectivity index (χ4v) is 3.75. The van der Waals surface area contributed by atoms with Gasteiger partial charge in [0.2, 0.25) is 0 Å². The van der Waals surface area contributed by atoms with Gasteiger partial charge in [-0.1, -0.05) is 31.7 Å². The predicted octanol–water partition coefficient (Wildman–Crippen LogP) is 1.88. The van der Waals surface area contributed by atoms with Gasteiger partial charge in [0, 0.05) is 6.54 Å². The number of carbonyl (C=O) groups excluding carboxylic acids is 3. The van der Waals surface area contributed by atoms with Crippen molar-refractivity contribution in [3.63, 3.8) is 0 Å². The number of nitrogens with zero attached hydrogens (tertiary/aromatic N) is 3. The van der Waals surface area contributed by atoms with Gasteiger partial charge in [-0.2, -0.15) is 0 Å². The van der Waals surface area contributed by atoms with Crippen LogP contribution in [0.5, 0.6) is 0 Å². The molecule has 146 valence electrons. The highest BCUT2D eigenvalue weighted by Crippen LogP contribution is 2.27. The summed E-state index contributed by atoms with van der Waals surface area (Å²) in [5.41, 5.74) is 4.94. The zero-order chi connectivity index (χ0) is 20.0. The van der Waals surface area contributed by atoms with E-state index in [1.54, 1.807) is 25.2 Å². The average molecular weight is 412 g/mol. The van der Waals surface area contributed by atoms with Crippen molar-refractivity contribution in [2.24, 2.45) is 11.7 Å². The van der Waals surface area contributed by atoms with E-state index in [1.807, 2.05) is 34.3 Å². The Morgan fingerprint density at radius 2 is 2.11 bits per heavy atom. The van der Waals surface area contributed by atoms with Gasteiger partial charge in [0.1, 0.15) is 0 Å². The van der Waals surface area contributed by atoms with Gasteiger partial charge in [0.25, 0.3) is 5.91 Å². The lowest BCUT2D eigenvalue weighted by molar-refractivity contribution is -0.155. The number of ether oxygens (including phenoxy) is 1. The van der Waals surface area contributed by atoms with Gasteiger partial charge in [0.05, 0.1) is 10.6 Å². The van der Waals surface area contributed by atoms with Gasteiger partial charge >= 0.3 is 12.0 Å². The summed E-state index contributed by atoms with van der Waals surface area (Å²) in [6, 6.07) is 2.89. The molecule has 3 N–H and O–H groups in total. The van der Waals surface area contributed by atoms with E-state index in [4.69, 9.17) is 10.5 Å². The van der Waals surface area contributed by atoms with Crippen LogP contribution in [0.4, 0.5) is 4.79 Å². The Labute approximate surface area is 164 Å². The smallest absolute Gasteiger partial charge is 0.318 e. The zero-order valence-corrected chi connectivity index (χ0v) is 16.8. The zero-order valence-electron chi connectivity index (χ0n) is 15.2. The first-order valence-electron chi connectivity index (χ1n) is 8.23. The third-order valence-corrected chi connectivity index (χ3v) is 5.27. The first kappa shape index (κ1) is 20.9. The number of hydrogen-bond donors (Lipinski definition) is 2. The molecule has 9 nitrogen and oxygen atoms in total. The third kappa shape index (κ3) is 5.54. The van der Waals surface area contributed by atoms with Crippen molar-refractivity contribution in [2.45, 2.75) is 38.6 Å². The molecule has 0 aromatic carbocycles. The Morgan fingerprint density at radius 3 is 2.67 bits per heavy atom. The predicted molar refractivity (Wildman–Crippen MR) is 102 cm³/mol. The summed E-state index contributed by atoms with van der Waals surface area (Å²) in [6.45, 7) is 6.01. The van der Waals surface area contributed by atoms with Crippen LogP contribution < -0.4 is 11.1 Å². The summed E-state index contributed by atoms with van der Waals surface area (Å²) in [5, 5.41) is 12.8. The maximum absolute atomic E-state index is 12.2. The Morgan fingerprint density at radius 1 is 1.37 bits per heavy atom. The molecule has 2 aromatic heterocycles. The quantitative estimate of drug-likeness (QED) is 0.501. The molecular formula is C16H21N5O4S2. The highest BCUT2D eigenvalue weighted by Gasteiger charge is 2.27. The number of urea groups is 1. The standard InChI is InChI=1S/C16H21N5O4S2/c1-4-21-13(10-6-5-7-26-10)19-20-16(21)27-8-11(22)25-12(9(2)3)14(23)18-15(17)24/h5-7,9,12H,4,8H2,1-3H3,(H3,17,18,23,24)/t12-/m0/s1. The molecule has 0 aliphatic carbocycles. The molecule has 0 bridgehead atoms. The minimum Gasteiger partial charge on any atom is -0.451 e. The van der Waals surface area contributed by atoms with E-state index in [1.165, 1.54) is 11.8 Å². The van der Waals surface area contributed by atoms with Crippen LogP contribution in [0, 0.1) is 5.92 Å². The molecule has 0 saturated carbocycles. The van der Waals surface area contributed by atoms with Gasteiger partial charge in [0.15, 0.2) is 17.1 Å². The van der Waals surface area contributed by atoms with E-state index in [2.05, 4.69) is 10.2 Å². The molecule has 0 spiro atoms. The SMILES string of the molecule is CCn1c(SCC(=O)O[C@H](C(=O)NC(N)=O)C(C)C)nnc1-c1cccs1. The molecule has 0 aliphatic rings. The molecular weight excluding hydrogens is 390 g/mol. The molecule has 11 heteroatoms. The number of aromatic nitrogens is 3. The number of hydrogen-bond acceptors (Lipinski definition) is 8. The van der Waals surface area contributed by atoms with Crippen LogP contribution in [-0.4, -0.2) is 44.5 Å². The first-order valence-corrected chi connectivity index (χ1v) is 10.1. The Kier molecular flexibility index (Phi) is 7.36. The molecule has 0 fully saturated rings. The van der Waals surface area contributed by atoms with Crippen molar-refractivity contribution in [3.05, 3.63) is 17.5 Å². The highest BCUT2D eigenvalue weighted by molar-refractivity contribution is 7.99. The van der Waals surface area contributed by atoms with E-state index < -0.39 is 24.0 Å². The van der Waals surface area contributed by atoms with Crippen molar-refractivity contribution in [3.8, 4) is 10.7 Å². The van der Waals surface area contributed by atoms with Crippen LogP contribution in [0.2, 0.25) is 0 Å². The Bertz CT molecular complexity index is 804. The van der Waals surface area contributed by atoms with Crippen LogP contribution in [0.3, 0.4) is 0 Å². The molecule has 0 unspecified atom stereocenters. The van der Waals surface area contributed by atoms with Crippen LogP contribution in [0.1, 0.15) is 20.8 Å². The van der Waals surface area contributed by atoms with Gasteiger partial charge < -0.3 is 15.0 Å². The maximum Gasteiger partial charge on any atom is 0.318 e. The minimum absolute atomic E-state index is 0.0460. The lowest BCUT2D eigenvalue weighted by atomic mass is 10.1. The molecule has 2 heterocycles. The first-order chi connectivity index (χ1) is 12.8. The molecule has 2 aromatic rings. The minimum atomic E-state index is -1.10. The molecule has 27 heavy (non-hydrogen) atoms. The van der Waals surface area contributed by atoms with Crippen molar-refractivity contribution < 1.29 is 19.1 Å². The fourth-order valence-electron chi connectivity index (χ4n) is 2.25. The number of amides is 3. The molecule has 2 rings (SSSR count). The van der Waals surface area contributed by atoms with E-state index >= 15 is 0 Å². The second kappa shape index (κ2) is 9.51. The van der Waals surface area contributed by atoms with Crippen LogP contribution in [0.15, 0.2) is 22.7 Å². The van der Waals surface area contributed by atoms with Crippen molar-refractivity contribution in [1.29, 1.82) is 0 Å². The second-order valence-corrected chi connectivity index (χ2v) is 7.71. The van der Waals surface area contributed by atoms with Crippen molar-refractivity contribution in [1.82, 2.24) is 20.1 Å². The Hall–Kier alpha value is -2.40.